The van der Waals surface area contributed by atoms with Crippen molar-refractivity contribution in [1.29, 1.82) is 0 Å². The monoisotopic (exact) mass is 365 g/mol. The molecule has 134 valence electrons. The minimum Gasteiger partial charge on any atom is -0.338 e. The number of carbonyl (C=O) groups excluding carboxylic acids is 1. The second-order valence-corrected chi connectivity index (χ2v) is 7.48. The molecule has 2 heterocycles. The zero-order valence-electron chi connectivity index (χ0n) is 14.6. The Bertz CT molecular complexity index is 764. The molecule has 1 amide bonds. The average Bonchev–Trinajstić information content (AvgIpc) is 2.95. The first-order valence-corrected chi connectivity index (χ1v) is 9.07. The Morgan fingerprint density at radius 2 is 1.88 bits per heavy atom. The van der Waals surface area contributed by atoms with Crippen LogP contribution in [0.15, 0.2) is 18.2 Å². The number of halogens is 2. The molecule has 1 aromatic heterocycles. The molecule has 0 bridgehead atoms. The lowest BCUT2D eigenvalue weighted by Gasteiger charge is -2.34. The van der Waals surface area contributed by atoms with Gasteiger partial charge in [0.15, 0.2) is 0 Å². The number of thiazole rings is 1. The Balaban J connectivity index is 1.86. The number of hydrogen-bond donors (Lipinski definition) is 0. The smallest absolute Gasteiger partial charge is 0.265 e. The molecule has 0 spiro atoms. The number of benzene rings is 1. The SMILES string of the molecule is Cc1nc(-c2c(F)cccc2F)sc1C(=O)N(C)C1CCN(C)CC1. The molecule has 25 heavy (non-hydrogen) atoms. The van der Waals surface area contributed by atoms with Crippen molar-refractivity contribution in [3.05, 3.63) is 40.4 Å². The summed E-state index contributed by atoms with van der Waals surface area (Å²) in [6, 6.07) is 3.88. The molecule has 0 aliphatic carbocycles. The lowest BCUT2D eigenvalue weighted by Crippen LogP contribution is -2.44. The van der Waals surface area contributed by atoms with Crippen molar-refractivity contribution in [1.82, 2.24) is 14.8 Å². The number of rotatable bonds is 3. The van der Waals surface area contributed by atoms with E-state index in [0.29, 0.717) is 10.6 Å². The zero-order valence-corrected chi connectivity index (χ0v) is 15.4. The zero-order chi connectivity index (χ0) is 18.1. The number of aromatic nitrogens is 1. The summed E-state index contributed by atoms with van der Waals surface area (Å²) in [5.74, 6) is -1.47. The molecule has 0 radical (unpaired) electrons. The van der Waals surface area contributed by atoms with Crippen molar-refractivity contribution < 1.29 is 13.6 Å². The van der Waals surface area contributed by atoms with E-state index in [9.17, 15) is 13.6 Å². The number of piperidine rings is 1. The van der Waals surface area contributed by atoms with Crippen LogP contribution in [0.2, 0.25) is 0 Å². The van der Waals surface area contributed by atoms with E-state index in [0.717, 1.165) is 37.3 Å². The van der Waals surface area contributed by atoms with E-state index in [1.54, 1.807) is 18.9 Å². The van der Waals surface area contributed by atoms with E-state index in [-0.39, 0.29) is 22.5 Å². The predicted octanol–water partition coefficient (Wildman–Crippen LogP) is 3.56. The van der Waals surface area contributed by atoms with Gasteiger partial charge >= 0.3 is 0 Å². The Morgan fingerprint density at radius 3 is 2.48 bits per heavy atom. The third kappa shape index (κ3) is 3.57. The second kappa shape index (κ2) is 7.17. The van der Waals surface area contributed by atoms with Crippen LogP contribution < -0.4 is 0 Å². The predicted molar refractivity (Wildman–Crippen MR) is 94.8 cm³/mol. The van der Waals surface area contributed by atoms with Crippen molar-refractivity contribution >= 4 is 17.2 Å². The van der Waals surface area contributed by atoms with Crippen molar-refractivity contribution in [2.45, 2.75) is 25.8 Å². The Hall–Kier alpha value is -1.86. The Kier molecular flexibility index (Phi) is 5.15. The van der Waals surface area contributed by atoms with Gasteiger partial charge in [-0.15, -0.1) is 11.3 Å². The number of nitrogens with zero attached hydrogens (tertiary/aromatic N) is 3. The normalized spacial score (nSPS) is 16.2. The van der Waals surface area contributed by atoms with Gasteiger partial charge < -0.3 is 9.80 Å². The van der Waals surface area contributed by atoms with Crippen LogP contribution in [0.4, 0.5) is 8.78 Å². The van der Waals surface area contributed by atoms with Gasteiger partial charge in [-0.05, 0) is 52.0 Å². The minimum absolute atomic E-state index is 0.132. The summed E-state index contributed by atoms with van der Waals surface area (Å²) in [6.07, 6.45) is 1.84. The van der Waals surface area contributed by atoms with Crippen LogP contribution in [-0.4, -0.2) is 53.9 Å². The Morgan fingerprint density at radius 1 is 1.28 bits per heavy atom. The van der Waals surface area contributed by atoms with E-state index in [1.165, 1.54) is 18.2 Å². The quantitative estimate of drug-likeness (QED) is 0.834. The first kappa shape index (κ1) is 17.9. The highest BCUT2D eigenvalue weighted by Crippen LogP contribution is 2.32. The largest absolute Gasteiger partial charge is 0.338 e. The number of aryl methyl sites for hydroxylation is 1. The second-order valence-electron chi connectivity index (χ2n) is 6.48. The molecule has 0 saturated carbocycles. The van der Waals surface area contributed by atoms with Crippen LogP contribution in [0.1, 0.15) is 28.2 Å². The highest BCUT2D eigenvalue weighted by molar-refractivity contribution is 7.17. The summed E-state index contributed by atoms with van der Waals surface area (Å²) >= 11 is 1.05. The van der Waals surface area contributed by atoms with E-state index in [2.05, 4.69) is 16.9 Å². The van der Waals surface area contributed by atoms with Gasteiger partial charge in [0.1, 0.15) is 21.5 Å². The van der Waals surface area contributed by atoms with Gasteiger partial charge in [-0.25, -0.2) is 13.8 Å². The fourth-order valence-corrected chi connectivity index (χ4v) is 4.21. The number of likely N-dealkylation sites (tertiary alicyclic amines) is 1. The van der Waals surface area contributed by atoms with Crippen LogP contribution >= 0.6 is 11.3 Å². The average molecular weight is 365 g/mol. The maximum atomic E-state index is 14.0. The first-order valence-electron chi connectivity index (χ1n) is 8.26. The van der Waals surface area contributed by atoms with Gasteiger partial charge in [-0.2, -0.15) is 0 Å². The Labute approximate surface area is 150 Å². The number of carbonyl (C=O) groups is 1. The third-order valence-electron chi connectivity index (χ3n) is 4.72. The van der Waals surface area contributed by atoms with Crippen LogP contribution in [-0.2, 0) is 0 Å². The van der Waals surface area contributed by atoms with Crippen LogP contribution in [0.5, 0.6) is 0 Å². The molecule has 3 rings (SSSR count). The fraction of sp³-hybridized carbons (Fsp3) is 0.444. The van der Waals surface area contributed by atoms with Crippen molar-refractivity contribution in [3.63, 3.8) is 0 Å². The number of amides is 1. The van der Waals surface area contributed by atoms with Crippen molar-refractivity contribution in [2.24, 2.45) is 0 Å². The summed E-state index contributed by atoms with van der Waals surface area (Å²) in [5, 5.41) is 0.202. The number of hydrogen-bond acceptors (Lipinski definition) is 4. The summed E-state index contributed by atoms with van der Waals surface area (Å²) in [4.78, 5) is 21.5. The standard InChI is InChI=1S/C18H21F2N3OS/c1-11-16(18(24)23(3)12-7-9-22(2)10-8-12)25-17(21-11)15-13(19)5-4-6-14(15)20/h4-6,12H,7-10H2,1-3H3. The topological polar surface area (TPSA) is 36.4 Å². The maximum absolute atomic E-state index is 14.0. The van der Waals surface area contributed by atoms with E-state index < -0.39 is 11.6 Å². The van der Waals surface area contributed by atoms with Crippen LogP contribution in [0, 0.1) is 18.6 Å². The summed E-state index contributed by atoms with van der Waals surface area (Å²) in [5.41, 5.74) is 0.337. The highest BCUT2D eigenvalue weighted by Gasteiger charge is 2.28. The summed E-state index contributed by atoms with van der Waals surface area (Å²) < 4.78 is 28.0. The molecular formula is C18H21F2N3OS. The molecule has 0 atom stereocenters. The molecule has 1 aliphatic heterocycles. The van der Waals surface area contributed by atoms with Gasteiger partial charge in [0.2, 0.25) is 0 Å². The molecule has 2 aromatic rings. The molecule has 4 nitrogen and oxygen atoms in total. The molecule has 1 fully saturated rings. The van der Waals surface area contributed by atoms with Gasteiger partial charge in [0.25, 0.3) is 5.91 Å². The molecule has 0 N–H and O–H groups in total. The summed E-state index contributed by atoms with van der Waals surface area (Å²) in [7, 11) is 3.86. The minimum atomic E-state index is -0.670. The van der Waals surface area contributed by atoms with Gasteiger partial charge in [-0.1, -0.05) is 6.07 Å². The van der Waals surface area contributed by atoms with E-state index in [1.807, 2.05) is 0 Å². The van der Waals surface area contributed by atoms with Gasteiger partial charge in [0, 0.05) is 13.1 Å². The molecular weight excluding hydrogens is 344 g/mol. The van der Waals surface area contributed by atoms with Gasteiger partial charge in [0.05, 0.1) is 11.3 Å². The molecule has 1 saturated heterocycles. The maximum Gasteiger partial charge on any atom is 0.265 e. The van der Waals surface area contributed by atoms with Crippen LogP contribution in [0.3, 0.4) is 0 Å². The molecule has 1 aromatic carbocycles. The molecule has 7 heteroatoms. The molecule has 0 unspecified atom stereocenters. The van der Waals surface area contributed by atoms with Crippen LogP contribution in [0.25, 0.3) is 10.6 Å². The third-order valence-corrected chi connectivity index (χ3v) is 5.89. The van der Waals surface area contributed by atoms with Gasteiger partial charge in [-0.3, -0.25) is 4.79 Å². The summed E-state index contributed by atoms with van der Waals surface area (Å²) in [6.45, 7) is 3.61. The fourth-order valence-electron chi connectivity index (χ4n) is 3.11. The lowest BCUT2D eigenvalue weighted by molar-refractivity contribution is 0.0663. The van der Waals surface area contributed by atoms with Crippen molar-refractivity contribution in [2.75, 3.05) is 27.2 Å². The lowest BCUT2D eigenvalue weighted by atomic mass is 10.0. The van der Waals surface area contributed by atoms with Crippen molar-refractivity contribution in [3.8, 4) is 10.6 Å². The van der Waals surface area contributed by atoms with E-state index in [4.69, 9.17) is 0 Å². The molecule has 1 aliphatic rings. The highest BCUT2D eigenvalue weighted by atomic mass is 32.1. The first-order chi connectivity index (χ1) is 11.9. The van der Waals surface area contributed by atoms with E-state index >= 15 is 0 Å².